The molecule has 0 amide bonds. The Hall–Kier alpha value is -2.79. The van der Waals surface area contributed by atoms with Gasteiger partial charge in [0.15, 0.2) is 0 Å². The number of furan rings is 1. The summed E-state index contributed by atoms with van der Waals surface area (Å²) in [5, 5.41) is 0.941. The number of benzene rings is 2. The minimum Gasteiger partial charge on any atom is -0.489 e. The number of ether oxygens (including phenoxy) is 2. The van der Waals surface area contributed by atoms with E-state index in [9.17, 15) is 4.79 Å². The molecule has 1 aliphatic heterocycles. The number of fused-ring (bicyclic) bond motifs is 1. The van der Waals surface area contributed by atoms with Crippen molar-refractivity contribution in [2.45, 2.75) is 32.4 Å². The number of hydrogen-bond acceptors (Lipinski definition) is 5. The Labute approximate surface area is 164 Å². The number of carbonyl (C=O) groups is 1. The molecule has 0 radical (unpaired) electrons. The van der Waals surface area contributed by atoms with Gasteiger partial charge in [-0.2, -0.15) is 0 Å². The fourth-order valence-electron chi connectivity index (χ4n) is 3.76. The van der Waals surface area contributed by atoms with Crippen LogP contribution >= 0.6 is 0 Å². The highest BCUT2D eigenvalue weighted by molar-refractivity contribution is 5.86. The second kappa shape index (κ2) is 8.48. The van der Waals surface area contributed by atoms with Crippen LogP contribution in [-0.2, 0) is 22.5 Å². The summed E-state index contributed by atoms with van der Waals surface area (Å²) in [5.74, 6) is 0.520. The summed E-state index contributed by atoms with van der Waals surface area (Å²) in [6, 6.07) is 16.3. The van der Waals surface area contributed by atoms with Gasteiger partial charge in [0.2, 0.25) is 0 Å². The van der Waals surface area contributed by atoms with Crippen molar-refractivity contribution in [2.24, 2.45) is 0 Å². The van der Waals surface area contributed by atoms with Crippen molar-refractivity contribution in [3.05, 3.63) is 65.9 Å². The van der Waals surface area contributed by atoms with E-state index in [-0.39, 0.29) is 18.5 Å². The molecule has 2 aromatic carbocycles. The summed E-state index contributed by atoms with van der Waals surface area (Å²) >= 11 is 0. The topological polar surface area (TPSA) is 51.9 Å². The molecule has 4 rings (SSSR count). The average molecular weight is 379 g/mol. The zero-order valence-electron chi connectivity index (χ0n) is 16.1. The Morgan fingerprint density at radius 3 is 2.89 bits per heavy atom. The van der Waals surface area contributed by atoms with Crippen LogP contribution in [0.25, 0.3) is 11.0 Å². The smallest absolute Gasteiger partial charge is 0.310 e. The number of hydrogen-bond donors (Lipinski definition) is 0. The van der Waals surface area contributed by atoms with Gasteiger partial charge in [-0.3, -0.25) is 9.69 Å². The highest BCUT2D eigenvalue weighted by atomic mass is 16.5. The molecule has 28 heavy (non-hydrogen) atoms. The average Bonchev–Trinajstić information content (AvgIpc) is 3.32. The van der Waals surface area contributed by atoms with Crippen molar-refractivity contribution in [3.8, 4) is 5.75 Å². The van der Waals surface area contributed by atoms with Gasteiger partial charge in [0, 0.05) is 30.6 Å². The second-order valence-electron chi connectivity index (χ2n) is 7.15. The van der Waals surface area contributed by atoms with E-state index in [2.05, 4.69) is 29.2 Å². The zero-order chi connectivity index (χ0) is 19.3. The first kappa shape index (κ1) is 18.6. The van der Waals surface area contributed by atoms with Crippen LogP contribution in [0.3, 0.4) is 0 Å². The predicted octanol–water partition coefficient (Wildman–Crippen LogP) is 4.19. The van der Waals surface area contributed by atoms with E-state index in [0.29, 0.717) is 6.61 Å². The third-order valence-electron chi connectivity index (χ3n) is 5.02. The molecule has 1 unspecified atom stereocenters. The second-order valence-corrected chi connectivity index (χ2v) is 7.15. The van der Waals surface area contributed by atoms with Crippen molar-refractivity contribution in [3.63, 3.8) is 0 Å². The standard InChI is InChI=1S/C23H25NO4/c1-2-26-22(25)14-19-13-21(12-18-9-11-27-23(18)19)28-20-8-10-24(16-20)15-17-6-4-3-5-7-17/h3-7,9,11-13,20H,2,8,10,14-16H2,1H3. The molecule has 5 heteroatoms. The molecule has 0 spiro atoms. The lowest BCUT2D eigenvalue weighted by molar-refractivity contribution is -0.142. The van der Waals surface area contributed by atoms with Gasteiger partial charge in [-0.25, -0.2) is 0 Å². The molecule has 5 nitrogen and oxygen atoms in total. The van der Waals surface area contributed by atoms with Gasteiger partial charge in [0.1, 0.15) is 17.4 Å². The lowest BCUT2D eigenvalue weighted by Gasteiger charge is -2.17. The van der Waals surface area contributed by atoms with E-state index in [0.717, 1.165) is 48.3 Å². The molecule has 2 heterocycles. The maximum absolute atomic E-state index is 11.9. The van der Waals surface area contributed by atoms with E-state index in [4.69, 9.17) is 13.9 Å². The Balaban J connectivity index is 1.44. The third-order valence-corrected chi connectivity index (χ3v) is 5.02. The van der Waals surface area contributed by atoms with Crippen LogP contribution in [0.5, 0.6) is 5.75 Å². The van der Waals surface area contributed by atoms with Crippen LogP contribution < -0.4 is 4.74 Å². The number of rotatable bonds is 7. The maximum atomic E-state index is 11.9. The molecule has 1 saturated heterocycles. The maximum Gasteiger partial charge on any atom is 0.310 e. The quantitative estimate of drug-likeness (QED) is 0.576. The number of esters is 1. The summed E-state index contributed by atoms with van der Waals surface area (Å²) in [4.78, 5) is 14.4. The largest absolute Gasteiger partial charge is 0.489 e. The fraction of sp³-hybridized carbons (Fsp3) is 0.348. The van der Waals surface area contributed by atoms with Gasteiger partial charge < -0.3 is 13.9 Å². The first-order chi connectivity index (χ1) is 13.7. The number of carbonyl (C=O) groups excluding carboxylic acids is 1. The molecule has 0 saturated carbocycles. The van der Waals surface area contributed by atoms with E-state index in [1.165, 1.54) is 5.56 Å². The molecule has 1 aromatic heterocycles. The number of nitrogens with zero attached hydrogens (tertiary/aromatic N) is 1. The summed E-state index contributed by atoms with van der Waals surface area (Å²) < 4.78 is 16.9. The van der Waals surface area contributed by atoms with Crippen LogP contribution in [-0.4, -0.2) is 36.7 Å². The Morgan fingerprint density at radius 1 is 1.21 bits per heavy atom. The number of likely N-dealkylation sites (tertiary alicyclic amines) is 1. The zero-order valence-corrected chi connectivity index (χ0v) is 16.1. The molecule has 1 aliphatic rings. The van der Waals surface area contributed by atoms with Gasteiger partial charge in [0.05, 0.1) is 19.3 Å². The van der Waals surface area contributed by atoms with Crippen molar-refractivity contribution < 1.29 is 18.7 Å². The monoisotopic (exact) mass is 379 g/mol. The summed E-state index contributed by atoms with van der Waals surface area (Å²) in [6.07, 6.45) is 2.95. The lowest BCUT2D eigenvalue weighted by Crippen LogP contribution is -2.24. The van der Waals surface area contributed by atoms with Crippen LogP contribution in [0.15, 0.2) is 59.2 Å². The third kappa shape index (κ3) is 4.37. The van der Waals surface area contributed by atoms with Crippen LogP contribution in [0.4, 0.5) is 0 Å². The molecule has 1 fully saturated rings. The summed E-state index contributed by atoms with van der Waals surface area (Å²) in [5.41, 5.74) is 2.84. The summed E-state index contributed by atoms with van der Waals surface area (Å²) in [7, 11) is 0. The van der Waals surface area contributed by atoms with E-state index in [1.54, 1.807) is 13.2 Å². The Bertz CT molecular complexity index is 934. The molecule has 3 aromatic rings. The fourth-order valence-corrected chi connectivity index (χ4v) is 3.76. The Kier molecular flexibility index (Phi) is 5.63. The van der Waals surface area contributed by atoms with Gasteiger partial charge in [-0.15, -0.1) is 0 Å². The van der Waals surface area contributed by atoms with Crippen molar-refractivity contribution in [2.75, 3.05) is 19.7 Å². The van der Waals surface area contributed by atoms with E-state index >= 15 is 0 Å². The molecule has 0 bridgehead atoms. The van der Waals surface area contributed by atoms with E-state index < -0.39 is 0 Å². The first-order valence-corrected chi connectivity index (χ1v) is 9.80. The highest BCUT2D eigenvalue weighted by Crippen LogP contribution is 2.29. The lowest BCUT2D eigenvalue weighted by atomic mass is 10.1. The van der Waals surface area contributed by atoms with Gasteiger partial charge in [0.25, 0.3) is 0 Å². The van der Waals surface area contributed by atoms with Crippen LogP contribution in [0.2, 0.25) is 0 Å². The molecular formula is C23H25NO4. The minimum absolute atomic E-state index is 0.142. The Morgan fingerprint density at radius 2 is 2.07 bits per heavy atom. The van der Waals surface area contributed by atoms with Crippen LogP contribution in [0, 0.1) is 0 Å². The normalized spacial score (nSPS) is 17.1. The molecule has 146 valence electrons. The van der Waals surface area contributed by atoms with Crippen LogP contribution in [0.1, 0.15) is 24.5 Å². The molecule has 0 aliphatic carbocycles. The SMILES string of the molecule is CCOC(=O)Cc1cc(OC2CCN(Cc3ccccc3)C2)cc2ccoc12. The highest BCUT2D eigenvalue weighted by Gasteiger charge is 2.24. The van der Waals surface area contributed by atoms with E-state index in [1.807, 2.05) is 24.3 Å². The first-order valence-electron chi connectivity index (χ1n) is 9.80. The molecular weight excluding hydrogens is 354 g/mol. The summed E-state index contributed by atoms with van der Waals surface area (Å²) in [6.45, 7) is 5.03. The van der Waals surface area contributed by atoms with Crippen molar-refractivity contribution in [1.29, 1.82) is 0 Å². The molecule has 0 N–H and O–H groups in total. The van der Waals surface area contributed by atoms with Crippen molar-refractivity contribution in [1.82, 2.24) is 4.90 Å². The van der Waals surface area contributed by atoms with Gasteiger partial charge >= 0.3 is 5.97 Å². The predicted molar refractivity (Wildman–Crippen MR) is 107 cm³/mol. The van der Waals surface area contributed by atoms with Gasteiger partial charge in [-0.05, 0) is 37.1 Å². The van der Waals surface area contributed by atoms with Crippen molar-refractivity contribution >= 4 is 16.9 Å². The van der Waals surface area contributed by atoms with Gasteiger partial charge in [-0.1, -0.05) is 30.3 Å². The molecule has 1 atom stereocenters. The minimum atomic E-state index is -0.257.